The van der Waals surface area contributed by atoms with Crippen LogP contribution in [0.4, 0.5) is 20.5 Å². The van der Waals surface area contributed by atoms with Crippen molar-refractivity contribution in [3.8, 4) is 11.6 Å². The molecule has 2 aromatic heterocycles. The monoisotopic (exact) mass is 459 g/mol. The molecule has 0 spiro atoms. The van der Waals surface area contributed by atoms with Gasteiger partial charge in [-0.3, -0.25) is 4.79 Å². The zero-order valence-electron chi connectivity index (χ0n) is 19.2. The van der Waals surface area contributed by atoms with Crippen LogP contribution in [0.3, 0.4) is 0 Å². The molecule has 1 aromatic carbocycles. The molecule has 1 aliphatic rings. The van der Waals surface area contributed by atoms with Gasteiger partial charge >= 0.3 is 6.01 Å². The summed E-state index contributed by atoms with van der Waals surface area (Å²) < 4.78 is 31.3. The summed E-state index contributed by atoms with van der Waals surface area (Å²) in [5, 5.41) is 24.4. The highest BCUT2D eigenvalue weighted by atomic mass is 19.3. The lowest BCUT2D eigenvalue weighted by Crippen LogP contribution is -2.55. The third kappa shape index (κ3) is 4.52. The maximum absolute atomic E-state index is 12.8. The number of carbonyl (C=O) groups is 1. The minimum Gasteiger partial charge on any atom is -0.402 e. The van der Waals surface area contributed by atoms with Crippen molar-refractivity contribution in [3.05, 3.63) is 29.3 Å². The van der Waals surface area contributed by atoms with Crippen LogP contribution in [0.2, 0.25) is 0 Å². The van der Waals surface area contributed by atoms with Crippen molar-refractivity contribution in [2.45, 2.75) is 70.9 Å². The number of aryl methyl sites for hydroxylation is 1. The van der Waals surface area contributed by atoms with Crippen molar-refractivity contribution in [1.29, 1.82) is 0 Å². The molecule has 0 bridgehead atoms. The third-order valence-corrected chi connectivity index (χ3v) is 5.83. The normalized spacial score (nSPS) is 20.7. The van der Waals surface area contributed by atoms with Gasteiger partial charge in [-0.1, -0.05) is 25.9 Å². The van der Waals surface area contributed by atoms with Crippen LogP contribution in [-0.4, -0.2) is 44.3 Å². The van der Waals surface area contributed by atoms with Crippen LogP contribution < -0.4 is 10.6 Å². The van der Waals surface area contributed by atoms with Gasteiger partial charge in [-0.15, -0.1) is 5.10 Å². The number of hydrogen-bond acceptors (Lipinski definition) is 7. The maximum atomic E-state index is 12.8. The first-order chi connectivity index (χ1) is 15.4. The highest BCUT2D eigenvalue weighted by molar-refractivity contribution is 5.95. The van der Waals surface area contributed by atoms with Gasteiger partial charge in [0, 0.05) is 36.9 Å². The fourth-order valence-corrected chi connectivity index (χ4v) is 4.08. The first kappa shape index (κ1) is 23.0. The first-order valence-electron chi connectivity index (χ1n) is 10.7. The number of amides is 1. The van der Waals surface area contributed by atoms with Gasteiger partial charge in [0.05, 0.1) is 5.52 Å². The molecule has 0 aliphatic heterocycles. The van der Waals surface area contributed by atoms with Crippen LogP contribution in [0.25, 0.3) is 22.5 Å². The van der Waals surface area contributed by atoms with E-state index in [0.29, 0.717) is 11.4 Å². The number of carbonyl (C=O) groups excluding carboxylic acids is 1. The molecule has 0 radical (unpaired) electrons. The van der Waals surface area contributed by atoms with E-state index in [1.165, 1.54) is 6.92 Å². The lowest BCUT2D eigenvalue weighted by molar-refractivity contribution is -0.148. The number of alkyl halides is 2. The zero-order valence-corrected chi connectivity index (χ0v) is 19.2. The third-order valence-electron chi connectivity index (χ3n) is 5.83. The van der Waals surface area contributed by atoms with E-state index in [9.17, 15) is 18.7 Å². The Morgan fingerprint density at radius 3 is 2.55 bits per heavy atom. The Bertz CT molecular complexity index is 1210. The van der Waals surface area contributed by atoms with Gasteiger partial charge < -0.3 is 20.2 Å². The Hall–Kier alpha value is -3.14. The average molecular weight is 459 g/mol. The van der Waals surface area contributed by atoms with E-state index in [1.54, 1.807) is 0 Å². The zero-order chi connectivity index (χ0) is 24.1. The SMILES string of the molecule is CC(=O)Nc1cc(C(C)(C)C)c2nc(-c3nnc(NC4CC(O)(C(F)F)C4)o3)cc(C)c2c1. The maximum Gasteiger partial charge on any atom is 0.316 e. The van der Waals surface area contributed by atoms with E-state index in [4.69, 9.17) is 9.40 Å². The highest BCUT2D eigenvalue weighted by Crippen LogP contribution is 2.39. The number of aliphatic hydroxyl groups is 1. The fourth-order valence-electron chi connectivity index (χ4n) is 4.08. The summed E-state index contributed by atoms with van der Waals surface area (Å²) in [6.07, 6.45) is -2.98. The smallest absolute Gasteiger partial charge is 0.316 e. The molecule has 33 heavy (non-hydrogen) atoms. The molecule has 1 amide bonds. The van der Waals surface area contributed by atoms with E-state index in [2.05, 4.69) is 41.6 Å². The van der Waals surface area contributed by atoms with Gasteiger partial charge in [-0.25, -0.2) is 13.8 Å². The van der Waals surface area contributed by atoms with Crippen molar-refractivity contribution in [3.63, 3.8) is 0 Å². The molecule has 1 saturated carbocycles. The molecular formula is C23H27F2N5O3. The first-order valence-corrected chi connectivity index (χ1v) is 10.7. The van der Waals surface area contributed by atoms with Gasteiger partial charge in [0.15, 0.2) is 0 Å². The summed E-state index contributed by atoms with van der Waals surface area (Å²) in [7, 11) is 0. The standard InChI is InChI=1S/C23H27F2N5O3/c1-11-6-17(19-29-30-21(33-19)27-14-9-23(32,10-14)20(24)25)28-18-15(11)7-13(26-12(2)31)8-16(18)22(3,4)5/h6-8,14,20,32H,9-10H2,1-5H3,(H,26,31)(H,27,30). The number of rotatable bonds is 5. The summed E-state index contributed by atoms with van der Waals surface area (Å²) >= 11 is 0. The van der Waals surface area contributed by atoms with Crippen LogP contribution >= 0.6 is 0 Å². The molecule has 4 rings (SSSR count). The number of pyridine rings is 1. The predicted molar refractivity (Wildman–Crippen MR) is 120 cm³/mol. The van der Waals surface area contributed by atoms with E-state index in [0.717, 1.165) is 22.0 Å². The van der Waals surface area contributed by atoms with Crippen LogP contribution in [0.15, 0.2) is 22.6 Å². The molecule has 3 aromatic rings. The predicted octanol–water partition coefficient (Wildman–Crippen LogP) is 4.42. The van der Waals surface area contributed by atoms with Gasteiger partial charge in [0.1, 0.15) is 11.3 Å². The quantitative estimate of drug-likeness (QED) is 0.518. The number of hydrogen-bond donors (Lipinski definition) is 3. The van der Waals surface area contributed by atoms with Crippen molar-refractivity contribution in [1.82, 2.24) is 15.2 Å². The Labute approximate surface area is 189 Å². The molecule has 8 nitrogen and oxygen atoms in total. The van der Waals surface area contributed by atoms with Crippen molar-refractivity contribution in [2.75, 3.05) is 10.6 Å². The molecule has 2 heterocycles. The second-order valence-corrected chi connectivity index (χ2v) is 9.74. The minimum absolute atomic E-state index is 0.0860. The molecule has 1 aliphatic carbocycles. The molecule has 0 unspecified atom stereocenters. The fraction of sp³-hybridized carbons (Fsp3) is 0.478. The molecule has 176 valence electrons. The summed E-state index contributed by atoms with van der Waals surface area (Å²) in [6, 6.07) is 5.34. The molecule has 3 N–H and O–H groups in total. The average Bonchev–Trinajstić information content (AvgIpc) is 3.13. The lowest BCUT2D eigenvalue weighted by atomic mass is 9.76. The van der Waals surface area contributed by atoms with Crippen LogP contribution in [0, 0.1) is 6.92 Å². The van der Waals surface area contributed by atoms with Crippen molar-refractivity contribution >= 4 is 28.5 Å². The molecule has 0 saturated heterocycles. The highest BCUT2D eigenvalue weighted by Gasteiger charge is 2.50. The number of aromatic nitrogens is 3. The van der Waals surface area contributed by atoms with E-state index in [-0.39, 0.29) is 42.1 Å². The summed E-state index contributed by atoms with van der Waals surface area (Å²) in [4.78, 5) is 16.4. The largest absolute Gasteiger partial charge is 0.402 e. The Morgan fingerprint density at radius 1 is 1.24 bits per heavy atom. The number of fused-ring (bicyclic) bond motifs is 1. The lowest BCUT2D eigenvalue weighted by Gasteiger charge is -2.42. The Kier molecular flexibility index (Phi) is 5.60. The topological polar surface area (TPSA) is 113 Å². The number of nitrogens with one attached hydrogen (secondary N) is 2. The minimum atomic E-state index is -2.79. The Balaban J connectivity index is 1.66. The summed E-state index contributed by atoms with van der Waals surface area (Å²) in [5.41, 5.74) is 1.60. The van der Waals surface area contributed by atoms with Gasteiger partial charge in [-0.05, 0) is 41.7 Å². The van der Waals surface area contributed by atoms with Crippen LogP contribution in [-0.2, 0) is 10.2 Å². The molecule has 0 atom stereocenters. The van der Waals surface area contributed by atoms with E-state index < -0.39 is 12.0 Å². The molecule has 10 heteroatoms. The number of benzene rings is 1. The van der Waals surface area contributed by atoms with Gasteiger partial charge in [-0.2, -0.15) is 0 Å². The second kappa shape index (κ2) is 8.02. The van der Waals surface area contributed by atoms with Gasteiger partial charge in [0.2, 0.25) is 5.91 Å². The van der Waals surface area contributed by atoms with Crippen molar-refractivity contribution in [2.24, 2.45) is 0 Å². The molecule has 1 fully saturated rings. The van der Waals surface area contributed by atoms with Crippen molar-refractivity contribution < 1.29 is 23.1 Å². The number of nitrogens with zero attached hydrogens (tertiary/aromatic N) is 3. The Morgan fingerprint density at radius 2 is 1.94 bits per heavy atom. The number of halogens is 2. The second-order valence-electron chi connectivity index (χ2n) is 9.74. The van der Waals surface area contributed by atoms with E-state index >= 15 is 0 Å². The van der Waals surface area contributed by atoms with Crippen LogP contribution in [0.5, 0.6) is 0 Å². The molecular weight excluding hydrogens is 432 g/mol. The van der Waals surface area contributed by atoms with E-state index in [1.807, 2.05) is 25.1 Å². The van der Waals surface area contributed by atoms with Crippen LogP contribution in [0.1, 0.15) is 51.7 Å². The van der Waals surface area contributed by atoms with Gasteiger partial charge in [0.25, 0.3) is 12.3 Å². The number of anilines is 2. The summed E-state index contributed by atoms with van der Waals surface area (Å²) in [5.74, 6) is 0.0394. The summed E-state index contributed by atoms with van der Waals surface area (Å²) in [6.45, 7) is 9.60.